The third-order valence-corrected chi connectivity index (χ3v) is 6.80. The third kappa shape index (κ3) is 3.57. The summed E-state index contributed by atoms with van der Waals surface area (Å²) in [5.41, 5.74) is 1.91. The van der Waals surface area contributed by atoms with E-state index in [0.717, 1.165) is 15.9 Å². The maximum atomic E-state index is 13.5. The normalized spacial score (nSPS) is 18.2. The fourth-order valence-electron chi connectivity index (χ4n) is 4.25. The van der Waals surface area contributed by atoms with E-state index in [9.17, 15) is 9.59 Å². The molecule has 2 amide bonds. The summed E-state index contributed by atoms with van der Waals surface area (Å²) in [5, 5.41) is 3.18. The number of thiophene rings is 1. The van der Waals surface area contributed by atoms with Crippen LogP contribution < -0.4 is 0 Å². The summed E-state index contributed by atoms with van der Waals surface area (Å²) < 4.78 is 2.17. The maximum Gasteiger partial charge on any atom is 0.270 e. The molecular weight excluding hydrogens is 382 g/mol. The van der Waals surface area contributed by atoms with Crippen LogP contribution in [-0.2, 0) is 4.79 Å². The van der Waals surface area contributed by atoms with Gasteiger partial charge in [-0.05, 0) is 36.9 Å². The van der Waals surface area contributed by atoms with Crippen LogP contribution in [0.2, 0.25) is 0 Å². The molecule has 5 nitrogen and oxygen atoms in total. The molecule has 0 bridgehead atoms. The van der Waals surface area contributed by atoms with Gasteiger partial charge in [0.25, 0.3) is 5.91 Å². The Morgan fingerprint density at radius 3 is 2.62 bits per heavy atom. The van der Waals surface area contributed by atoms with Gasteiger partial charge in [0, 0.05) is 37.5 Å². The zero-order valence-corrected chi connectivity index (χ0v) is 18.0. The molecule has 29 heavy (non-hydrogen) atoms. The van der Waals surface area contributed by atoms with E-state index in [0.29, 0.717) is 26.1 Å². The highest BCUT2D eigenvalue weighted by Gasteiger charge is 2.31. The molecule has 6 heteroatoms. The SMILES string of the molecule is CCC(=O)N1CCN(C(=O)c2cc3ccsc3n2[C@@H](C)c2ccccc2)C[C@@H]1C. The highest BCUT2D eigenvalue weighted by atomic mass is 32.1. The number of rotatable bonds is 4. The van der Waals surface area contributed by atoms with Crippen molar-refractivity contribution in [1.82, 2.24) is 14.4 Å². The van der Waals surface area contributed by atoms with Crippen molar-refractivity contribution in [2.24, 2.45) is 0 Å². The standard InChI is InChI=1S/C23H27N3O2S/c1-4-21(27)25-12-11-24(15-16(25)2)22(28)20-14-19-10-13-29-23(19)26(20)17(3)18-8-6-5-7-9-18/h5-10,13-14,16-17H,4,11-12,15H2,1-3H3/t16-,17-/m0/s1. The Kier molecular flexibility index (Phi) is 5.46. The van der Waals surface area contributed by atoms with Gasteiger partial charge in [-0.2, -0.15) is 0 Å². The summed E-state index contributed by atoms with van der Waals surface area (Å²) in [6.45, 7) is 7.81. The summed E-state index contributed by atoms with van der Waals surface area (Å²) in [4.78, 5) is 30.6. The number of amides is 2. The topological polar surface area (TPSA) is 45.6 Å². The van der Waals surface area contributed by atoms with Crippen LogP contribution in [0.5, 0.6) is 0 Å². The Morgan fingerprint density at radius 2 is 1.93 bits per heavy atom. The van der Waals surface area contributed by atoms with Crippen LogP contribution >= 0.6 is 11.3 Å². The van der Waals surface area contributed by atoms with Gasteiger partial charge in [0.1, 0.15) is 10.5 Å². The molecule has 0 spiro atoms. The van der Waals surface area contributed by atoms with Crippen molar-refractivity contribution >= 4 is 33.4 Å². The largest absolute Gasteiger partial charge is 0.336 e. The maximum absolute atomic E-state index is 13.5. The van der Waals surface area contributed by atoms with E-state index in [-0.39, 0.29) is 23.9 Å². The number of benzene rings is 1. The van der Waals surface area contributed by atoms with Gasteiger partial charge >= 0.3 is 0 Å². The van der Waals surface area contributed by atoms with Crippen LogP contribution in [0.4, 0.5) is 0 Å². The molecule has 2 atom stereocenters. The van der Waals surface area contributed by atoms with Gasteiger partial charge in [-0.15, -0.1) is 11.3 Å². The number of nitrogens with zero attached hydrogens (tertiary/aromatic N) is 3. The van der Waals surface area contributed by atoms with Crippen LogP contribution in [0.25, 0.3) is 10.2 Å². The molecule has 1 aliphatic heterocycles. The molecule has 0 saturated carbocycles. The van der Waals surface area contributed by atoms with Crippen LogP contribution in [0, 0.1) is 0 Å². The lowest BCUT2D eigenvalue weighted by Crippen LogP contribution is -2.55. The molecule has 3 aromatic rings. The molecule has 0 unspecified atom stereocenters. The second-order valence-corrected chi connectivity index (χ2v) is 8.60. The Morgan fingerprint density at radius 1 is 1.17 bits per heavy atom. The zero-order chi connectivity index (χ0) is 20.5. The molecule has 152 valence electrons. The third-order valence-electron chi connectivity index (χ3n) is 5.87. The number of piperazine rings is 1. The molecule has 0 aliphatic carbocycles. The Bertz CT molecular complexity index is 1020. The average Bonchev–Trinajstić information content (AvgIpc) is 3.34. The number of carbonyl (C=O) groups is 2. The minimum absolute atomic E-state index is 0.0382. The summed E-state index contributed by atoms with van der Waals surface area (Å²) in [6.07, 6.45) is 0.506. The summed E-state index contributed by atoms with van der Waals surface area (Å²) in [5.74, 6) is 0.206. The van der Waals surface area contributed by atoms with E-state index in [2.05, 4.69) is 35.1 Å². The molecule has 1 aliphatic rings. The molecule has 1 fully saturated rings. The second-order valence-electron chi connectivity index (χ2n) is 7.71. The van der Waals surface area contributed by atoms with Crippen molar-refractivity contribution in [3.8, 4) is 0 Å². The van der Waals surface area contributed by atoms with Gasteiger partial charge in [-0.25, -0.2) is 0 Å². The summed E-state index contributed by atoms with van der Waals surface area (Å²) >= 11 is 1.67. The average molecular weight is 410 g/mol. The molecule has 0 radical (unpaired) electrons. The van der Waals surface area contributed by atoms with Crippen molar-refractivity contribution in [2.45, 2.75) is 39.3 Å². The minimum atomic E-state index is 0.0382. The lowest BCUT2D eigenvalue weighted by atomic mass is 10.1. The first kappa shape index (κ1) is 19.7. The number of hydrogen-bond acceptors (Lipinski definition) is 3. The van der Waals surface area contributed by atoms with Crippen molar-refractivity contribution in [2.75, 3.05) is 19.6 Å². The molecule has 3 heterocycles. The van der Waals surface area contributed by atoms with Crippen molar-refractivity contribution < 1.29 is 9.59 Å². The fourth-order valence-corrected chi connectivity index (χ4v) is 5.23. The number of aromatic nitrogens is 1. The summed E-state index contributed by atoms with van der Waals surface area (Å²) in [6, 6.07) is 14.5. The van der Waals surface area contributed by atoms with E-state index in [1.54, 1.807) is 11.3 Å². The van der Waals surface area contributed by atoms with E-state index in [4.69, 9.17) is 0 Å². The predicted octanol–water partition coefficient (Wildman–Crippen LogP) is 4.40. The second kappa shape index (κ2) is 8.03. The van der Waals surface area contributed by atoms with Gasteiger partial charge < -0.3 is 14.4 Å². The van der Waals surface area contributed by atoms with Crippen molar-refractivity contribution in [3.63, 3.8) is 0 Å². The molecule has 0 N–H and O–H groups in total. The Labute approximate surface area is 175 Å². The van der Waals surface area contributed by atoms with E-state index in [1.807, 2.05) is 47.9 Å². The van der Waals surface area contributed by atoms with E-state index >= 15 is 0 Å². The lowest BCUT2D eigenvalue weighted by molar-refractivity contribution is -0.134. The predicted molar refractivity (Wildman–Crippen MR) is 117 cm³/mol. The summed E-state index contributed by atoms with van der Waals surface area (Å²) in [7, 11) is 0. The number of fused-ring (bicyclic) bond motifs is 1. The first-order valence-corrected chi connectivity index (χ1v) is 11.1. The van der Waals surface area contributed by atoms with Gasteiger partial charge in [-0.1, -0.05) is 37.3 Å². The minimum Gasteiger partial charge on any atom is -0.336 e. The quantitative estimate of drug-likeness (QED) is 0.641. The van der Waals surface area contributed by atoms with Crippen LogP contribution in [0.1, 0.15) is 49.3 Å². The lowest BCUT2D eigenvalue weighted by Gasteiger charge is -2.40. The first-order chi connectivity index (χ1) is 14.0. The monoisotopic (exact) mass is 409 g/mol. The van der Waals surface area contributed by atoms with E-state index in [1.165, 1.54) is 5.56 Å². The molecular formula is C23H27N3O2S. The number of carbonyl (C=O) groups excluding carboxylic acids is 2. The molecule has 1 aromatic carbocycles. The van der Waals surface area contributed by atoms with Crippen molar-refractivity contribution in [3.05, 3.63) is 59.1 Å². The first-order valence-electron chi connectivity index (χ1n) is 10.2. The fraction of sp³-hybridized carbons (Fsp3) is 0.391. The van der Waals surface area contributed by atoms with Gasteiger partial charge in [0.2, 0.25) is 5.91 Å². The highest BCUT2D eigenvalue weighted by molar-refractivity contribution is 7.16. The van der Waals surface area contributed by atoms with Gasteiger partial charge in [0.15, 0.2) is 0 Å². The van der Waals surface area contributed by atoms with Gasteiger partial charge in [-0.3, -0.25) is 9.59 Å². The zero-order valence-electron chi connectivity index (χ0n) is 17.2. The smallest absolute Gasteiger partial charge is 0.270 e. The van der Waals surface area contributed by atoms with E-state index < -0.39 is 0 Å². The molecule has 2 aromatic heterocycles. The van der Waals surface area contributed by atoms with Crippen LogP contribution in [0.15, 0.2) is 47.8 Å². The molecule has 1 saturated heterocycles. The Balaban J connectivity index is 1.65. The molecule has 4 rings (SSSR count). The Hall–Kier alpha value is -2.60. The van der Waals surface area contributed by atoms with Crippen LogP contribution in [0.3, 0.4) is 0 Å². The van der Waals surface area contributed by atoms with Gasteiger partial charge in [0.05, 0.1) is 6.04 Å². The highest BCUT2D eigenvalue weighted by Crippen LogP contribution is 2.32. The van der Waals surface area contributed by atoms with Crippen LogP contribution in [-0.4, -0.2) is 51.9 Å². The van der Waals surface area contributed by atoms with Crippen molar-refractivity contribution in [1.29, 1.82) is 0 Å². The number of hydrogen-bond donors (Lipinski definition) is 0.